The van der Waals surface area contributed by atoms with Crippen molar-refractivity contribution in [3.8, 4) is 0 Å². The highest BCUT2D eigenvalue weighted by atomic mass is 16.5. The highest BCUT2D eigenvalue weighted by Gasteiger charge is 2.17. The molecule has 1 N–H and O–H groups in total. The SMILES string of the molecule is CCNC(Cn1ccnc1)C(=O)OC. The molecule has 0 saturated heterocycles. The number of hydrogen-bond acceptors (Lipinski definition) is 4. The van der Waals surface area contributed by atoms with Crippen molar-refractivity contribution < 1.29 is 9.53 Å². The van der Waals surface area contributed by atoms with Crippen LogP contribution in [0.4, 0.5) is 0 Å². The predicted octanol–water partition coefficient (Wildman–Crippen LogP) is 0.0342. The number of nitrogens with zero attached hydrogens (tertiary/aromatic N) is 2. The van der Waals surface area contributed by atoms with E-state index in [0.29, 0.717) is 6.54 Å². The van der Waals surface area contributed by atoms with Gasteiger partial charge in [-0.1, -0.05) is 6.92 Å². The number of hydrogen-bond donors (Lipinski definition) is 1. The average molecular weight is 197 g/mol. The largest absolute Gasteiger partial charge is 0.468 e. The first-order chi connectivity index (χ1) is 6.77. The summed E-state index contributed by atoms with van der Waals surface area (Å²) in [5, 5.41) is 3.05. The number of carbonyl (C=O) groups is 1. The number of ether oxygens (including phenoxy) is 1. The third kappa shape index (κ3) is 2.85. The van der Waals surface area contributed by atoms with E-state index in [1.165, 1.54) is 7.11 Å². The Hall–Kier alpha value is -1.36. The van der Waals surface area contributed by atoms with Crippen LogP contribution >= 0.6 is 0 Å². The van der Waals surface area contributed by atoms with Crippen molar-refractivity contribution in [1.82, 2.24) is 14.9 Å². The highest BCUT2D eigenvalue weighted by Crippen LogP contribution is 1.94. The molecule has 0 amide bonds. The Morgan fingerprint density at radius 3 is 3.00 bits per heavy atom. The average Bonchev–Trinajstić information content (AvgIpc) is 2.68. The molecule has 1 unspecified atom stereocenters. The standard InChI is InChI=1S/C9H15N3O2/c1-3-11-8(9(13)14-2)6-12-5-4-10-7-12/h4-5,7-8,11H,3,6H2,1-2H3. The van der Waals surface area contributed by atoms with Gasteiger partial charge in [-0.05, 0) is 6.54 Å². The van der Waals surface area contributed by atoms with Crippen LogP contribution in [0.25, 0.3) is 0 Å². The van der Waals surface area contributed by atoms with Crippen molar-refractivity contribution in [3.05, 3.63) is 18.7 Å². The first-order valence-electron chi connectivity index (χ1n) is 4.55. The van der Waals surface area contributed by atoms with Crippen molar-refractivity contribution >= 4 is 5.97 Å². The molecule has 0 fully saturated rings. The fourth-order valence-corrected chi connectivity index (χ4v) is 1.22. The topological polar surface area (TPSA) is 56.2 Å². The normalized spacial score (nSPS) is 12.4. The molecule has 0 radical (unpaired) electrons. The highest BCUT2D eigenvalue weighted by molar-refractivity contribution is 5.75. The van der Waals surface area contributed by atoms with Gasteiger partial charge in [-0.2, -0.15) is 0 Å². The number of methoxy groups -OCH3 is 1. The minimum atomic E-state index is -0.306. The summed E-state index contributed by atoms with van der Waals surface area (Å²) in [6, 6.07) is -0.306. The Balaban J connectivity index is 2.55. The van der Waals surface area contributed by atoms with Gasteiger partial charge < -0.3 is 14.6 Å². The zero-order chi connectivity index (χ0) is 10.4. The molecule has 1 aromatic rings. The van der Waals surface area contributed by atoms with Crippen LogP contribution < -0.4 is 5.32 Å². The van der Waals surface area contributed by atoms with Gasteiger partial charge in [0.2, 0.25) is 0 Å². The maximum atomic E-state index is 11.3. The van der Waals surface area contributed by atoms with Gasteiger partial charge in [0.25, 0.3) is 0 Å². The van der Waals surface area contributed by atoms with Gasteiger partial charge in [-0.15, -0.1) is 0 Å². The van der Waals surface area contributed by atoms with Crippen LogP contribution in [-0.2, 0) is 16.1 Å². The molecule has 1 aromatic heterocycles. The summed E-state index contributed by atoms with van der Waals surface area (Å²) in [5.74, 6) is -0.249. The third-order valence-corrected chi connectivity index (χ3v) is 1.89. The summed E-state index contributed by atoms with van der Waals surface area (Å²) < 4.78 is 6.52. The van der Waals surface area contributed by atoms with Gasteiger partial charge in [0, 0.05) is 18.9 Å². The molecule has 0 saturated carbocycles. The molecule has 1 rings (SSSR count). The molecule has 14 heavy (non-hydrogen) atoms. The quantitative estimate of drug-likeness (QED) is 0.677. The van der Waals surface area contributed by atoms with Gasteiger partial charge >= 0.3 is 5.97 Å². The van der Waals surface area contributed by atoms with Gasteiger partial charge in [-0.25, -0.2) is 4.98 Å². The summed E-state index contributed by atoms with van der Waals surface area (Å²) in [7, 11) is 1.39. The molecule has 0 spiro atoms. The Morgan fingerprint density at radius 2 is 2.50 bits per heavy atom. The fraction of sp³-hybridized carbons (Fsp3) is 0.556. The van der Waals surface area contributed by atoms with E-state index in [1.54, 1.807) is 12.5 Å². The second-order valence-electron chi connectivity index (χ2n) is 2.89. The Kier molecular flexibility index (Phi) is 4.12. The number of carbonyl (C=O) groups excluding carboxylic acids is 1. The van der Waals surface area contributed by atoms with Crippen molar-refractivity contribution in [2.75, 3.05) is 13.7 Å². The van der Waals surface area contributed by atoms with E-state index in [9.17, 15) is 4.79 Å². The molecule has 0 aliphatic heterocycles. The van der Waals surface area contributed by atoms with Crippen LogP contribution in [0.2, 0.25) is 0 Å². The molecule has 78 valence electrons. The monoisotopic (exact) mass is 197 g/mol. The molecule has 5 nitrogen and oxygen atoms in total. The van der Waals surface area contributed by atoms with Gasteiger partial charge in [0.15, 0.2) is 0 Å². The van der Waals surface area contributed by atoms with E-state index in [4.69, 9.17) is 0 Å². The van der Waals surface area contributed by atoms with Crippen LogP contribution in [0.3, 0.4) is 0 Å². The number of likely N-dealkylation sites (N-methyl/N-ethyl adjacent to an activating group) is 1. The minimum absolute atomic E-state index is 0.249. The Labute approximate surface area is 83.1 Å². The minimum Gasteiger partial charge on any atom is -0.468 e. The maximum Gasteiger partial charge on any atom is 0.324 e. The van der Waals surface area contributed by atoms with Crippen LogP contribution in [0.1, 0.15) is 6.92 Å². The lowest BCUT2D eigenvalue weighted by atomic mass is 10.3. The summed E-state index contributed by atoms with van der Waals surface area (Å²) in [6.45, 7) is 3.22. The van der Waals surface area contributed by atoms with Crippen LogP contribution in [0.15, 0.2) is 18.7 Å². The van der Waals surface area contributed by atoms with E-state index in [2.05, 4.69) is 15.0 Å². The number of aromatic nitrogens is 2. The lowest BCUT2D eigenvalue weighted by Gasteiger charge is -2.15. The first kappa shape index (κ1) is 10.7. The Bertz CT molecular complexity index is 272. The fourth-order valence-electron chi connectivity index (χ4n) is 1.22. The van der Waals surface area contributed by atoms with Gasteiger partial charge in [0.1, 0.15) is 6.04 Å². The second kappa shape index (κ2) is 5.39. The Morgan fingerprint density at radius 1 is 1.71 bits per heavy atom. The number of nitrogens with one attached hydrogen (secondary N) is 1. The van der Waals surface area contributed by atoms with Crippen molar-refractivity contribution in [1.29, 1.82) is 0 Å². The molecule has 1 heterocycles. The van der Waals surface area contributed by atoms with Crippen molar-refractivity contribution in [3.63, 3.8) is 0 Å². The van der Waals surface area contributed by atoms with E-state index in [0.717, 1.165) is 6.54 Å². The van der Waals surface area contributed by atoms with Crippen LogP contribution in [0, 0.1) is 0 Å². The molecule has 0 aromatic carbocycles. The van der Waals surface area contributed by atoms with Crippen LogP contribution in [0.5, 0.6) is 0 Å². The van der Waals surface area contributed by atoms with E-state index >= 15 is 0 Å². The zero-order valence-corrected chi connectivity index (χ0v) is 8.43. The second-order valence-corrected chi connectivity index (χ2v) is 2.89. The number of rotatable bonds is 5. The molecule has 0 aliphatic carbocycles. The van der Waals surface area contributed by atoms with E-state index < -0.39 is 0 Å². The van der Waals surface area contributed by atoms with Gasteiger partial charge in [0.05, 0.1) is 13.4 Å². The first-order valence-corrected chi connectivity index (χ1v) is 4.55. The third-order valence-electron chi connectivity index (χ3n) is 1.89. The lowest BCUT2D eigenvalue weighted by Crippen LogP contribution is -2.40. The lowest BCUT2D eigenvalue weighted by molar-refractivity contribution is -0.143. The van der Waals surface area contributed by atoms with E-state index in [1.807, 2.05) is 17.7 Å². The van der Waals surface area contributed by atoms with Crippen molar-refractivity contribution in [2.24, 2.45) is 0 Å². The smallest absolute Gasteiger partial charge is 0.324 e. The molecule has 0 aliphatic rings. The summed E-state index contributed by atoms with van der Waals surface area (Å²) >= 11 is 0. The number of imidazole rings is 1. The summed E-state index contributed by atoms with van der Waals surface area (Å²) in [5.41, 5.74) is 0. The zero-order valence-electron chi connectivity index (χ0n) is 8.43. The molecule has 5 heteroatoms. The maximum absolute atomic E-state index is 11.3. The summed E-state index contributed by atoms with van der Waals surface area (Å²) in [4.78, 5) is 15.2. The molecule has 1 atom stereocenters. The number of esters is 1. The molecular formula is C9H15N3O2. The predicted molar refractivity (Wildman–Crippen MR) is 51.7 cm³/mol. The van der Waals surface area contributed by atoms with Gasteiger partial charge in [-0.3, -0.25) is 4.79 Å². The molecular weight excluding hydrogens is 182 g/mol. The van der Waals surface area contributed by atoms with E-state index in [-0.39, 0.29) is 12.0 Å². The van der Waals surface area contributed by atoms with Crippen molar-refractivity contribution in [2.45, 2.75) is 19.5 Å². The summed E-state index contributed by atoms with van der Waals surface area (Å²) in [6.07, 6.45) is 5.17. The molecule has 0 bridgehead atoms. The van der Waals surface area contributed by atoms with Crippen LogP contribution in [-0.4, -0.2) is 35.2 Å².